The molecule has 1 aromatic carbocycles. The number of halogens is 2. The van der Waals surface area contributed by atoms with Crippen molar-refractivity contribution >= 4 is 27.3 Å². The molecule has 1 aromatic rings. The molecule has 1 fully saturated rings. The van der Waals surface area contributed by atoms with Gasteiger partial charge in [-0.1, -0.05) is 11.6 Å². The van der Waals surface area contributed by atoms with Gasteiger partial charge in [0.15, 0.2) is 0 Å². The summed E-state index contributed by atoms with van der Waals surface area (Å²) in [6.07, 6.45) is 1.13. The van der Waals surface area contributed by atoms with Crippen LogP contribution in [0.1, 0.15) is 12.8 Å². The third-order valence-corrected chi connectivity index (χ3v) is 5.07. The first kappa shape index (κ1) is 13.6. The summed E-state index contributed by atoms with van der Waals surface area (Å²) in [5.74, 6) is -0.496. The van der Waals surface area contributed by atoms with Gasteiger partial charge in [0, 0.05) is 0 Å². The highest BCUT2D eigenvalue weighted by atomic mass is 35.5. The van der Waals surface area contributed by atoms with Crippen molar-refractivity contribution in [3.8, 4) is 0 Å². The Hall–Kier alpha value is -0.850. The summed E-state index contributed by atoms with van der Waals surface area (Å²) in [5, 5.41) is 2.73. The van der Waals surface area contributed by atoms with Crippen molar-refractivity contribution in [3.63, 3.8) is 0 Å². The van der Waals surface area contributed by atoms with E-state index in [1.807, 2.05) is 0 Å². The van der Waals surface area contributed by atoms with Gasteiger partial charge in [-0.25, -0.2) is 12.8 Å². The van der Waals surface area contributed by atoms with Crippen molar-refractivity contribution in [2.45, 2.75) is 18.1 Å². The smallest absolute Gasteiger partial charge is 0.235 e. The average molecular weight is 293 g/mol. The maximum absolute atomic E-state index is 12.9. The second kappa shape index (κ2) is 5.42. The molecule has 1 saturated heterocycles. The van der Waals surface area contributed by atoms with Crippen molar-refractivity contribution in [3.05, 3.63) is 29.0 Å². The highest BCUT2D eigenvalue weighted by Crippen LogP contribution is 2.25. The van der Waals surface area contributed by atoms with Crippen molar-refractivity contribution < 1.29 is 12.8 Å². The Morgan fingerprint density at radius 1 is 1.33 bits per heavy atom. The van der Waals surface area contributed by atoms with Crippen LogP contribution in [0.4, 0.5) is 10.1 Å². The molecule has 1 aliphatic heterocycles. The van der Waals surface area contributed by atoms with E-state index in [1.165, 1.54) is 12.1 Å². The van der Waals surface area contributed by atoms with Crippen LogP contribution in [0.2, 0.25) is 5.02 Å². The van der Waals surface area contributed by atoms with Crippen molar-refractivity contribution in [2.75, 3.05) is 17.8 Å². The normalized spacial score (nSPS) is 17.7. The van der Waals surface area contributed by atoms with Crippen LogP contribution >= 0.6 is 11.6 Å². The number of hydrogen-bond donors (Lipinski definition) is 2. The quantitative estimate of drug-likeness (QED) is 0.895. The fraction of sp³-hybridized carbons (Fsp3) is 0.455. The Kier molecular flexibility index (Phi) is 4.09. The zero-order chi connectivity index (χ0) is 13.2. The molecule has 0 bridgehead atoms. The first-order valence-electron chi connectivity index (χ1n) is 5.66. The second-order valence-electron chi connectivity index (χ2n) is 4.22. The molecular formula is C11H14ClFN2O2S. The second-order valence-corrected chi connectivity index (χ2v) is 6.59. The minimum atomic E-state index is -3.47. The molecule has 0 atom stereocenters. The van der Waals surface area contributed by atoms with Gasteiger partial charge in [-0.2, -0.15) is 0 Å². The topological polar surface area (TPSA) is 58.2 Å². The van der Waals surface area contributed by atoms with E-state index in [0.717, 1.165) is 6.07 Å². The SMILES string of the molecule is O=S(=O)(Nc1ccc(F)cc1Cl)C1CCNCC1. The van der Waals surface area contributed by atoms with Gasteiger partial charge >= 0.3 is 0 Å². The van der Waals surface area contributed by atoms with Crippen LogP contribution in [-0.4, -0.2) is 26.8 Å². The number of hydrogen-bond acceptors (Lipinski definition) is 3. The lowest BCUT2D eigenvalue weighted by Crippen LogP contribution is -2.38. The van der Waals surface area contributed by atoms with Crippen molar-refractivity contribution in [2.24, 2.45) is 0 Å². The highest BCUT2D eigenvalue weighted by molar-refractivity contribution is 7.93. The Labute approximate surface area is 111 Å². The average Bonchev–Trinajstić information content (AvgIpc) is 2.34. The minimum Gasteiger partial charge on any atom is -0.317 e. The maximum Gasteiger partial charge on any atom is 0.235 e. The van der Waals surface area contributed by atoms with E-state index in [4.69, 9.17) is 11.6 Å². The largest absolute Gasteiger partial charge is 0.317 e. The molecule has 4 nitrogen and oxygen atoms in total. The summed E-state index contributed by atoms with van der Waals surface area (Å²) >= 11 is 5.80. The number of piperidine rings is 1. The van der Waals surface area contributed by atoms with E-state index in [1.54, 1.807) is 0 Å². The molecule has 0 unspecified atom stereocenters. The molecule has 100 valence electrons. The molecular weight excluding hydrogens is 279 g/mol. The lowest BCUT2D eigenvalue weighted by molar-refractivity contribution is 0.499. The third-order valence-electron chi connectivity index (χ3n) is 2.91. The standard InChI is InChI=1S/C11H14ClFN2O2S/c12-10-7-8(13)1-2-11(10)15-18(16,17)9-3-5-14-6-4-9/h1-2,7,9,14-15H,3-6H2. The molecule has 0 aromatic heterocycles. The van der Waals surface area contributed by atoms with Crippen molar-refractivity contribution in [1.82, 2.24) is 5.32 Å². The number of benzene rings is 1. The number of rotatable bonds is 3. The summed E-state index contributed by atoms with van der Waals surface area (Å²) in [4.78, 5) is 0. The number of sulfonamides is 1. The Morgan fingerprint density at radius 3 is 2.61 bits per heavy atom. The van der Waals surface area contributed by atoms with E-state index in [9.17, 15) is 12.8 Å². The molecule has 7 heteroatoms. The Morgan fingerprint density at radius 2 is 2.00 bits per heavy atom. The van der Waals surface area contributed by atoms with E-state index >= 15 is 0 Å². The molecule has 2 rings (SSSR count). The number of anilines is 1. The summed E-state index contributed by atoms with van der Waals surface area (Å²) in [5.41, 5.74) is 0.219. The minimum absolute atomic E-state index is 0.0625. The van der Waals surface area contributed by atoms with E-state index in [0.29, 0.717) is 25.9 Å². The lowest BCUT2D eigenvalue weighted by Gasteiger charge is -2.23. The van der Waals surface area contributed by atoms with Gasteiger partial charge in [-0.3, -0.25) is 4.72 Å². The molecule has 18 heavy (non-hydrogen) atoms. The van der Waals surface area contributed by atoms with Gasteiger partial charge in [0.05, 0.1) is 16.0 Å². The fourth-order valence-corrected chi connectivity index (χ4v) is 3.69. The Bertz CT molecular complexity index is 530. The van der Waals surface area contributed by atoms with Crippen LogP contribution in [0.5, 0.6) is 0 Å². The monoisotopic (exact) mass is 292 g/mol. The van der Waals surface area contributed by atoms with E-state index in [2.05, 4.69) is 10.0 Å². The van der Waals surface area contributed by atoms with E-state index < -0.39 is 21.1 Å². The van der Waals surface area contributed by atoms with E-state index in [-0.39, 0.29) is 10.7 Å². The van der Waals surface area contributed by atoms with Gasteiger partial charge in [0.1, 0.15) is 5.82 Å². The van der Waals surface area contributed by atoms with Crippen LogP contribution in [-0.2, 0) is 10.0 Å². The molecule has 1 aliphatic rings. The first-order valence-corrected chi connectivity index (χ1v) is 7.59. The van der Waals surface area contributed by atoms with Crippen LogP contribution < -0.4 is 10.0 Å². The molecule has 1 heterocycles. The number of nitrogens with one attached hydrogen (secondary N) is 2. The molecule has 0 radical (unpaired) electrons. The van der Waals surface area contributed by atoms with Crippen LogP contribution in [0.3, 0.4) is 0 Å². The predicted octanol–water partition coefficient (Wildman–Crippen LogP) is 1.97. The van der Waals surface area contributed by atoms with Crippen LogP contribution in [0.15, 0.2) is 18.2 Å². The molecule has 0 saturated carbocycles. The Balaban J connectivity index is 2.16. The lowest BCUT2D eigenvalue weighted by atomic mass is 10.2. The zero-order valence-electron chi connectivity index (χ0n) is 9.62. The van der Waals surface area contributed by atoms with Crippen LogP contribution in [0.25, 0.3) is 0 Å². The van der Waals surface area contributed by atoms with Gasteiger partial charge < -0.3 is 5.32 Å². The van der Waals surface area contributed by atoms with Gasteiger partial charge in [0.2, 0.25) is 10.0 Å². The molecule has 0 amide bonds. The molecule has 0 spiro atoms. The van der Waals surface area contributed by atoms with Crippen LogP contribution in [0, 0.1) is 5.82 Å². The first-order chi connectivity index (χ1) is 8.49. The predicted molar refractivity (Wildman–Crippen MR) is 69.8 cm³/mol. The maximum atomic E-state index is 12.9. The molecule has 0 aliphatic carbocycles. The summed E-state index contributed by atoms with van der Waals surface area (Å²) in [7, 11) is -3.47. The summed E-state index contributed by atoms with van der Waals surface area (Å²) < 4.78 is 39.5. The highest BCUT2D eigenvalue weighted by Gasteiger charge is 2.27. The molecule has 2 N–H and O–H groups in total. The fourth-order valence-electron chi connectivity index (χ4n) is 1.91. The zero-order valence-corrected chi connectivity index (χ0v) is 11.2. The van der Waals surface area contributed by atoms with Gasteiger partial charge in [0.25, 0.3) is 0 Å². The van der Waals surface area contributed by atoms with Gasteiger partial charge in [-0.15, -0.1) is 0 Å². The summed E-state index contributed by atoms with van der Waals surface area (Å²) in [6, 6.07) is 3.59. The van der Waals surface area contributed by atoms with Crippen molar-refractivity contribution in [1.29, 1.82) is 0 Å². The van der Waals surface area contributed by atoms with Gasteiger partial charge in [-0.05, 0) is 44.1 Å². The third kappa shape index (κ3) is 3.13. The summed E-state index contributed by atoms with van der Waals surface area (Å²) in [6.45, 7) is 1.37.